The van der Waals surface area contributed by atoms with Gasteiger partial charge in [0.25, 0.3) is 0 Å². The predicted molar refractivity (Wildman–Crippen MR) is 68.0 cm³/mol. The van der Waals surface area contributed by atoms with Crippen molar-refractivity contribution in [3.63, 3.8) is 0 Å². The maximum Gasteiger partial charge on any atom is 0.416 e. The highest BCUT2D eigenvalue weighted by atomic mass is 19.4. The van der Waals surface area contributed by atoms with Crippen molar-refractivity contribution in [2.45, 2.75) is 37.8 Å². The van der Waals surface area contributed by atoms with Crippen LogP contribution in [0.15, 0.2) is 24.3 Å². The number of rotatable bonds is 3. The first kappa shape index (κ1) is 14.4. The lowest BCUT2D eigenvalue weighted by Gasteiger charge is -2.28. The highest BCUT2D eigenvalue weighted by Gasteiger charge is 2.30. The molecule has 0 spiro atoms. The standard InChI is InChI=1S/C15H19F3O/c1-19-10-11-2-4-12(5-3-11)13-6-8-14(9-7-13)15(16,17)18/h6-9,11-12H,2-5,10H2,1H3. The van der Waals surface area contributed by atoms with Gasteiger partial charge in [0, 0.05) is 13.7 Å². The van der Waals surface area contributed by atoms with E-state index in [0.717, 1.165) is 37.9 Å². The molecule has 1 fully saturated rings. The van der Waals surface area contributed by atoms with Crippen LogP contribution in [0.3, 0.4) is 0 Å². The second-order valence-electron chi connectivity index (χ2n) is 5.29. The lowest BCUT2D eigenvalue weighted by molar-refractivity contribution is -0.137. The fraction of sp³-hybridized carbons (Fsp3) is 0.600. The van der Waals surface area contributed by atoms with Gasteiger partial charge >= 0.3 is 6.18 Å². The van der Waals surface area contributed by atoms with E-state index in [1.165, 1.54) is 12.1 Å². The van der Waals surface area contributed by atoms with Crippen molar-refractivity contribution >= 4 is 0 Å². The highest BCUT2D eigenvalue weighted by molar-refractivity contribution is 5.27. The number of benzene rings is 1. The van der Waals surface area contributed by atoms with E-state index in [1.54, 1.807) is 19.2 Å². The quantitative estimate of drug-likeness (QED) is 0.779. The van der Waals surface area contributed by atoms with Gasteiger partial charge < -0.3 is 4.74 Å². The first-order valence-electron chi connectivity index (χ1n) is 6.67. The molecule has 0 bridgehead atoms. The maximum absolute atomic E-state index is 12.5. The summed E-state index contributed by atoms with van der Waals surface area (Å²) in [5, 5.41) is 0. The normalized spacial score (nSPS) is 24.4. The summed E-state index contributed by atoms with van der Waals surface area (Å²) in [5.74, 6) is 1.01. The molecule has 0 aromatic heterocycles. The average Bonchev–Trinajstić information content (AvgIpc) is 2.39. The molecule has 19 heavy (non-hydrogen) atoms. The number of ether oxygens (including phenoxy) is 1. The topological polar surface area (TPSA) is 9.23 Å². The first-order valence-corrected chi connectivity index (χ1v) is 6.67. The third kappa shape index (κ3) is 3.72. The third-order valence-electron chi connectivity index (χ3n) is 3.96. The van der Waals surface area contributed by atoms with E-state index >= 15 is 0 Å². The Kier molecular flexibility index (Phi) is 4.50. The van der Waals surface area contributed by atoms with Gasteiger partial charge in [0.2, 0.25) is 0 Å². The van der Waals surface area contributed by atoms with Crippen molar-refractivity contribution in [3.05, 3.63) is 35.4 Å². The van der Waals surface area contributed by atoms with E-state index in [1.807, 2.05) is 0 Å². The molecule has 0 unspecified atom stereocenters. The van der Waals surface area contributed by atoms with Crippen LogP contribution in [0.25, 0.3) is 0 Å². The Bertz CT molecular complexity index is 389. The summed E-state index contributed by atoms with van der Waals surface area (Å²) in [6.07, 6.45) is 0.0342. The Morgan fingerprint density at radius 1 is 1.05 bits per heavy atom. The van der Waals surface area contributed by atoms with Gasteiger partial charge in [-0.25, -0.2) is 0 Å². The zero-order valence-electron chi connectivity index (χ0n) is 11.0. The number of hydrogen-bond donors (Lipinski definition) is 0. The summed E-state index contributed by atoms with van der Waals surface area (Å²) in [6.45, 7) is 0.791. The molecule has 0 N–H and O–H groups in total. The number of alkyl halides is 3. The summed E-state index contributed by atoms with van der Waals surface area (Å²) in [5.41, 5.74) is 0.466. The molecular weight excluding hydrogens is 253 g/mol. The highest BCUT2D eigenvalue weighted by Crippen LogP contribution is 2.37. The van der Waals surface area contributed by atoms with Crippen LogP contribution < -0.4 is 0 Å². The SMILES string of the molecule is COCC1CCC(c2ccc(C(F)(F)F)cc2)CC1. The van der Waals surface area contributed by atoms with Crippen molar-refractivity contribution < 1.29 is 17.9 Å². The molecule has 0 heterocycles. The average molecular weight is 272 g/mol. The molecule has 0 atom stereocenters. The molecule has 0 aliphatic heterocycles. The van der Waals surface area contributed by atoms with Crippen molar-refractivity contribution in [3.8, 4) is 0 Å². The smallest absolute Gasteiger partial charge is 0.384 e. The Balaban J connectivity index is 1.97. The number of hydrogen-bond acceptors (Lipinski definition) is 1. The second-order valence-corrected chi connectivity index (χ2v) is 5.29. The van der Waals surface area contributed by atoms with Crippen LogP contribution in [0, 0.1) is 5.92 Å². The van der Waals surface area contributed by atoms with Crippen molar-refractivity contribution in [2.75, 3.05) is 13.7 Å². The third-order valence-corrected chi connectivity index (χ3v) is 3.96. The molecule has 1 aromatic rings. The summed E-state index contributed by atoms with van der Waals surface area (Å²) < 4.78 is 42.6. The molecule has 1 saturated carbocycles. The fourth-order valence-electron chi connectivity index (χ4n) is 2.84. The first-order chi connectivity index (χ1) is 9.00. The van der Waals surface area contributed by atoms with E-state index in [4.69, 9.17) is 4.74 Å². The van der Waals surface area contributed by atoms with Gasteiger partial charge in [-0.3, -0.25) is 0 Å². The van der Waals surface area contributed by atoms with E-state index < -0.39 is 11.7 Å². The zero-order valence-corrected chi connectivity index (χ0v) is 11.0. The van der Waals surface area contributed by atoms with Crippen LogP contribution in [-0.2, 0) is 10.9 Å². The molecule has 0 saturated heterocycles. The number of halogens is 3. The Hall–Kier alpha value is -1.03. The van der Waals surface area contributed by atoms with Gasteiger partial charge in [-0.05, 0) is 55.2 Å². The van der Waals surface area contributed by atoms with Gasteiger partial charge in [-0.1, -0.05) is 12.1 Å². The van der Waals surface area contributed by atoms with E-state index in [2.05, 4.69) is 0 Å². The molecule has 0 amide bonds. The van der Waals surface area contributed by atoms with E-state index in [-0.39, 0.29) is 0 Å². The maximum atomic E-state index is 12.5. The Morgan fingerprint density at radius 2 is 1.63 bits per heavy atom. The van der Waals surface area contributed by atoms with Gasteiger partial charge in [-0.2, -0.15) is 13.2 Å². The molecule has 1 aliphatic rings. The van der Waals surface area contributed by atoms with E-state index in [9.17, 15) is 13.2 Å². The zero-order chi connectivity index (χ0) is 13.9. The minimum Gasteiger partial charge on any atom is -0.384 e. The minimum absolute atomic E-state index is 0.399. The largest absolute Gasteiger partial charge is 0.416 e. The predicted octanol–water partition coefficient (Wildman–Crippen LogP) is 4.63. The van der Waals surface area contributed by atoms with Gasteiger partial charge in [-0.15, -0.1) is 0 Å². The lowest BCUT2D eigenvalue weighted by Crippen LogP contribution is -2.17. The van der Waals surface area contributed by atoms with Crippen LogP contribution in [0.2, 0.25) is 0 Å². The van der Waals surface area contributed by atoms with E-state index in [0.29, 0.717) is 11.8 Å². The minimum atomic E-state index is -4.24. The molecule has 4 heteroatoms. The van der Waals surface area contributed by atoms with Gasteiger partial charge in [0.1, 0.15) is 0 Å². The lowest BCUT2D eigenvalue weighted by atomic mass is 9.79. The fourth-order valence-corrected chi connectivity index (χ4v) is 2.84. The van der Waals surface area contributed by atoms with Crippen molar-refractivity contribution in [1.29, 1.82) is 0 Å². The van der Waals surface area contributed by atoms with Crippen LogP contribution in [0.5, 0.6) is 0 Å². The Morgan fingerprint density at radius 3 is 2.11 bits per heavy atom. The monoisotopic (exact) mass is 272 g/mol. The van der Waals surface area contributed by atoms with Crippen molar-refractivity contribution in [1.82, 2.24) is 0 Å². The Labute approximate surface area is 111 Å². The summed E-state index contributed by atoms with van der Waals surface area (Å²) in [7, 11) is 1.71. The molecule has 0 radical (unpaired) electrons. The van der Waals surface area contributed by atoms with Crippen LogP contribution in [-0.4, -0.2) is 13.7 Å². The molecular formula is C15H19F3O. The molecule has 1 nitrogen and oxygen atoms in total. The van der Waals surface area contributed by atoms with Gasteiger partial charge in [0.15, 0.2) is 0 Å². The summed E-state index contributed by atoms with van der Waals surface area (Å²) >= 11 is 0. The van der Waals surface area contributed by atoms with Crippen LogP contribution in [0.1, 0.15) is 42.7 Å². The molecule has 1 aromatic carbocycles. The molecule has 1 aliphatic carbocycles. The molecule has 106 valence electrons. The molecule has 2 rings (SSSR count). The van der Waals surface area contributed by atoms with Gasteiger partial charge in [0.05, 0.1) is 5.56 Å². The van der Waals surface area contributed by atoms with Crippen LogP contribution in [0.4, 0.5) is 13.2 Å². The van der Waals surface area contributed by atoms with Crippen molar-refractivity contribution in [2.24, 2.45) is 5.92 Å². The second kappa shape index (κ2) is 5.95. The van der Waals surface area contributed by atoms with Crippen LogP contribution >= 0.6 is 0 Å². The summed E-state index contributed by atoms with van der Waals surface area (Å²) in [6, 6.07) is 5.64. The number of methoxy groups -OCH3 is 1. The summed E-state index contributed by atoms with van der Waals surface area (Å²) in [4.78, 5) is 0.